The lowest BCUT2D eigenvalue weighted by Crippen LogP contribution is -2.48. The Kier molecular flexibility index (Phi) is 7.39. The second kappa shape index (κ2) is 10.0. The normalized spacial score (nSPS) is 26.1. The smallest absolute Gasteiger partial charge is 0.319 e. The van der Waals surface area contributed by atoms with Gasteiger partial charge in [0.05, 0.1) is 29.5 Å². The third-order valence-corrected chi connectivity index (χ3v) is 6.97. The first-order valence-electron chi connectivity index (χ1n) is 10.4. The third-order valence-electron chi connectivity index (χ3n) is 5.96. The number of ether oxygens (including phenoxy) is 1. The van der Waals surface area contributed by atoms with Crippen LogP contribution in [-0.2, 0) is 19.1 Å². The summed E-state index contributed by atoms with van der Waals surface area (Å²) in [5, 5.41) is 12.9. The number of hydrogen-bond donors (Lipinski definition) is 1. The molecule has 7 nitrogen and oxygen atoms in total. The molecule has 1 N–H and O–H groups in total. The van der Waals surface area contributed by atoms with Crippen molar-refractivity contribution in [2.24, 2.45) is 5.92 Å². The summed E-state index contributed by atoms with van der Waals surface area (Å²) in [6.07, 6.45) is 3.05. The Hall–Kier alpha value is -2.79. The lowest BCUT2D eigenvalue weighted by Gasteiger charge is -2.39. The fourth-order valence-corrected chi connectivity index (χ4v) is 5.38. The van der Waals surface area contributed by atoms with Gasteiger partial charge in [0.1, 0.15) is 5.92 Å². The fraction of sp³-hybridized carbons (Fsp3) is 0.478. The van der Waals surface area contributed by atoms with E-state index in [9.17, 15) is 19.6 Å². The van der Waals surface area contributed by atoms with Crippen molar-refractivity contribution in [3.8, 4) is 6.07 Å². The highest BCUT2D eigenvalue weighted by Gasteiger charge is 2.44. The number of nitrogens with zero attached hydrogens (tertiary/aromatic N) is 2. The van der Waals surface area contributed by atoms with Crippen LogP contribution >= 0.6 is 11.8 Å². The molecule has 2 amide bonds. The summed E-state index contributed by atoms with van der Waals surface area (Å²) in [6, 6.07) is 11.5. The quantitative estimate of drug-likeness (QED) is 0.557. The van der Waals surface area contributed by atoms with E-state index in [1.807, 2.05) is 24.8 Å². The van der Waals surface area contributed by atoms with Crippen LogP contribution in [0.15, 0.2) is 40.9 Å². The van der Waals surface area contributed by atoms with Crippen LogP contribution in [0.5, 0.6) is 0 Å². The molecule has 1 aromatic rings. The van der Waals surface area contributed by atoms with E-state index in [1.54, 1.807) is 24.3 Å². The first-order chi connectivity index (χ1) is 14.9. The number of thioether (sulfide) groups is 1. The maximum absolute atomic E-state index is 12.9. The van der Waals surface area contributed by atoms with Gasteiger partial charge in [-0.2, -0.15) is 5.26 Å². The molecular formula is C23H27N3O4S. The number of hydrogen-bond acceptors (Lipinski definition) is 6. The Morgan fingerprint density at radius 3 is 2.45 bits per heavy atom. The van der Waals surface area contributed by atoms with Crippen molar-refractivity contribution < 1.29 is 19.1 Å². The largest absolute Gasteiger partial charge is 0.468 e. The number of piperidine rings is 1. The van der Waals surface area contributed by atoms with E-state index in [1.165, 1.54) is 7.11 Å². The molecule has 8 heteroatoms. The number of allylic oxidation sites excluding steroid dienone is 1. The minimum Gasteiger partial charge on any atom is -0.468 e. The Labute approximate surface area is 186 Å². The van der Waals surface area contributed by atoms with Gasteiger partial charge in [0.2, 0.25) is 11.8 Å². The van der Waals surface area contributed by atoms with Crippen molar-refractivity contribution in [2.45, 2.75) is 51.1 Å². The van der Waals surface area contributed by atoms with Crippen molar-refractivity contribution in [3.63, 3.8) is 0 Å². The molecule has 164 valence electrons. The molecule has 2 heterocycles. The fourth-order valence-electron chi connectivity index (χ4n) is 4.46. The summed E-state index contributed by atoms with van der Waals surface area (Å²) in [6.45, 7) is 4.10. The molecule has 0 unspecified atom stereocenters. The van der Waals surface area contributed by atoms with Gasteiger partial charge in [0.25, 0.3) is 0 Å². The molecule has 1 saturated heterocycles. The number of carbonyl (C=O) groups excluding carboxylic acids is 3. The zero-order valence-electron chi connectivity index (χ0n) is 18.0. The van der Waals surface area contributed by atoms with Gasteiger partial charge in [-0.05, 0) is 38.7 Å². The van der Waals surface area contributed by atoms with E-state index < -0.39 is 23.7 Å². The average molecular weight is 442 g/mol. The maximum atomic E-state index is 12.9. The van der Waals surface area contributed by atoms with E-state index in [4.69, 9.17) is 4.74 Å². The van der Waals surface area contributed by atoms with E-state index in [0.717, 1.165) is 31.0 Å². The number of esters is 1. The summed E-state index contributed by atoms with van der Waals surface area (Å²) < 4.78 is 4.84. The average Bonchev–Trinajstić information content (AvgIpc) is 2.77. The van der Waals surface area contributed by atoms with Gasteiger partial charge in [-0.25, -0.2) is 0 Å². The molecule has 0 aromatic heterocycles. The second-order valence-electron chi connectivity index (χ2n) is 7.95. The molecular weight excluding hydrogens is 414 g/mol. The molecule has 1 aromatic carbocycles. The van der Waals surface area contributed by atoms with Gasteiger partial charge in [0.15, 0.2) is 0 Å². The van der Waals surface area contributed by atoms with Crippen LogP contribution in [0.3, 0.4) is 0 Å². The van der Waals surface area contributed by atoms with Crippen molar-refractivity contribution >= 4 is 29.5 Å². The van der Waals surface area contributed by atoms with Gasteiger partial charge in [-0.3, -0.25) is 14.4 Å². The number of benzene rings is 1. The standard InChI is InChI=1S/C23H27N3O4S/c1-14-8-7-9-15(2)26(14)18(27)13-31-22-17(12-24)19(16-10-5-4-6-11-16)20(21(28)25-22)23(29)30-3/h4-6,10-11,14-15,19-20H,7-9,13H2,1-3H3,(H,25,28)/t14-,15+,19-,20+/m1/s1. The number of rotatable bonds is 5. The van der Waals surface area contributed by atoms with Gasteiger partial charge in [0, 0.05) is 18.0 Å². The number of methoxy groups -OCH3 is 1. The van der Waals surface area contributed by atoms with Gasteiger partial charge >= 0.3 is 5.97 Å². The monoisotopic (exact) mass is 441 g/mol. The number of carbonyl (C=O) groups is 3. The second-order valence-corrected chi connectivity index (χ2v) is 8.94. The summed E-state index contributed by atoms with van der Waals surface area (Å²) in [5.74, 6) is -3.07. The highest BCUT2D eigenvalue weighted by Crippen LogP contribution is 2.40. The third kappa shape index (κ3) is 4.77. The van der Waals surface area contributed by atoms with Crippen molar-refractivity contribution in [1.29, 1.82) is 5.26 Å². The zero-order chi connectivity index (χ0) is 22.5. The lowest BCUT2D eigenvalue weighted by molar-refractivity contribution is -0.150. The summed E-state index contributed by atoms with van der Waals surface area (Å²) in [7, 11) is 1.22. The van der Waals surface area contributed by atoms with Crippen molar-refractivity contribution in [1.82, 2.24) is 10.2 Å². The Balaban J connectivity index is 1.90. The van der Waals surface area contributed by atoms with Crippen LogP contribution < -0.4 is 5.32 Å². The van der Waals surface area contributed by atoms with E-state index in [0.29, 0.717) is 10.6 Å². The molecule has 0 spiro atoms. The Morgan fingerprint density at radius 1 is 1.23 bits per heavy atom. The molecule has 0 radical (unpaired) electrons. The Bertz CT molecular complexity index is 914. The number of nitrogens with one attached hydrogen (secondary N) is 1. The molecule has 0 aliphatic carbocycles. The van der Waals surface area contributed by atoms with Gasteiger partial charge in [-0.15, -0.1) is 0 Å². The zero-order valence-corrected chi connectivity index (χ0v) is 18.8. The molecule has 2 aliphatic rings. The summed E-state index contributed by atoms with van der Waals surface area (Å²) >= 11 is 1.14. The predicted octanol–water partition coefficient (Wildman–Crippen LogP) is 2.95. The van der Waals surface area contributed by atoms with Crippen LogP contribution in [0.25, 0.3) is 0 Å². The van der Waals surface area contributed by atoms with Gasteiger partial charge in [-0.1, -0.05) is 42.1 Å². The van der Waals surface area contributed by atoms with Crippen LogP contribution in [0.2, 0.25) is 0 Å². The summed E-state index contributed by atoms with van der Waals surface area (Å²) in [5.41, 5.74) is 0.936. The first kappa shape index (κ1) is 22.9. The van der Waals surface area contributed by atoms with Crippen LogP contribution in [-0.4, -0.2) is 47.6 Å². The molecule has 3 rings (SSSR count). The van der Waals surface area contributed by atoms with Crippen LogP contribution in [0.4, 0.5) is 0 Å². The lowest BCUT2D eigenvalue weighted by atomic mass is 9.78. The topological polar surface area (TPSA) is 99.5 Å². The molecule has 0 saturated carbocycles. The first-order valence-corrected chi connectivity index (χ1v) is 11.4. The molecule has 2 aliphatic heterocycles. The highest BCUT2D eigenvalue weighted by molar-refractivity contribution is 8.03. The minimum absolute atomic E-state index is 0.0184. The van der Waals surface area contributed by atoms with Crippen LogP contribution in [0, 0.1) is 17.2 Å². The van der Waals surface area contributed by atoms with Gasteiger partial charge < -0.3 is 15.0 Å². The molecule has 1 fully saturated rings. The molecule has 0 bridgehead atoms. The number of amides is 2. The minimum atomic E-state index is -1.16. The highest BCUT2D eigenvalue weighted by atomic mass is 32.2. The van der Waals surface area contributed by atoms with Crippen molar-refractivity contribution in [3.05, 3.63) is 46.5 Å². The van der Waals surface area contributed by atoms with Crippen LogP contribution in [0.1, 0.15) is 44.6 Å². The summed E-state index contributed by atoms with van der Waals surface area (Å²) in [4.78, 5) is 40.1. The number of nitriles is 1. The molecule has 31 heavy (non-hydrogen) atoms. The van der Waals surface area contributed by atoms with E-state index in [-0.39, 0.29) is 29.3 Å². The molecule has 4 atom stereocenters. The van der Waals surface area contributed by atoms with Crippen molar-refractivity contribution in [2.75, 3.05) is 12.9 Å². The Morgan fingerprint density at radius 2 is 1.87 bits per heavy atom. The number of likely N-dealkylation sites (tertiary alicyclic amines) is 1. The SMILES string of the molecule is COC(=O)[C@@H]1C(=O)NC(SCC(=O)N2[C@H](C)CCC[C@@H]2C)=C(C#N)[C@H]1c1ccccc1. The van der Waals surface area contributed by atoms with E-state index >= 15 is 0 Å². The predicted molar refractivity (Wildman–Crippen MR) is 118 cm³/mol. The maximum Gasteiger partial charge on any atom is 0.319 e. The van der Waals surface area contributed by atoms with E-state index in [2.05, 4.69) is 11.4 Å².